The number of hydrogen-bond donors (Lipinski definition) is 3. The molecule has 3 heterocycles. The van der Waals surface area contributed by atoms with Gasteiger partial charge in [-0.2, -0.15) is 4.98 Å². The number of hydrogen-bond acceptors (Lipinski definition) is 5. The molecule has 4 aromatic rings. The van der Waals surface area contributed by atoms with Crippen LogP contribution < -0.4 is 22.1 Å². The first-order valence-electron chi connectivity index (χ1n) is 14.3. The topological polar surface area (TPSA) is 128 Å². The van der Waals surface area contributed by atoms with Crippen LogP contribution in [0.15, 0.2) is 58.4 Å². The Morgan fingerprint density at radius 3 is 2.71 bits per heavy atom. The number of aliphatic imine (C=N–C) groups is 1. The van der Waals surface area contributed by atoms with Crippen LogP contribution in [-0.4, -0.2) is 52.8 Å². The molecular weight excluding hydrogens is 557 g/mol. The highest BCUT2D eigenvalue weighted by Gasteiger charge is 2.21. The largest absolute Gasteiger partial charge is 0.374 e. The summed E-state index contributed by atoms with van der Waals surface area (Å²) in [6.07, 6.45) is 5.37. The van der Waals surface area contributed by atoms with Gasteiger partial charge in [-0.3, -0.25) is 9.56 Å². The van der Waals surface area contributed by atoms with E-state index in [1.807, 2.05) is 30.3 Å². The second-order valence-corrected chi connectivity index (χ2v) is 11.6. The van der Waals surface area contributed by atoms with E-state index in [1.54, 1.807) is 18.3 Å². The minimum absolute atomic E-state index is 0.0268. The fraction of sp³-hybridized carbons (Fsp3) is 0.387. The van der Waals surface area contributed by atoms with Crippen LogP contribution in [0.5, 0.6) is 0 Å². The monoisotopic (exact) mass is 593 g/mol. The number of nitrogens with zero attached hydrogens (tertiary/aromatic N) is 4. The van der Waals surface area contributed by atoms with Gasteiger partial charge in [-0.05, 0) is 73.2 Å². The van der Waals surface area contributed by atoms with Crippen molar-refractivity contribution in [2.45, 2.75) is 45.6 Å². The fourth-order valence-electron chi connectivity index (χ4n) is 5.31. The van der Waals surface area contributed by atoms with E-state index in [1.165, 1.54) is 4.57 Å². The minimum atomic E-state index is -0.497. The van der Waals surface area contributed by atoms with Crippen molar-refractivity contribution < 1.29 is 9.13 Å². The van der Waals surface area contributed by atoms with E-state index in [2.05, 4.69) is 33.7 Å². The number of guanidine groups is 1. The minimum Gasteiger partial charge on any atom is -0.374 e. The van der Waals surface area contributed by atoms with E-state index >= 15 is 4.39 Å². The molecule has 11 heteroatoms. The number of morpholine rings is 1. The second kappa shape index (κ2) is 13.0. The molecule has 9 nitrogen and oxygen atoms in total. The van der Waals surface area contributed by atoms with Crippen molar-refractivity contribution in [3.8, 4) is 16.9 Å². The highest BCUT2D eigenvalue weighted by molar-refractivity contribution is 6.31. The zero-order valence-corrected chi connectivity index (χ0v) is 24.7. The Kier molecular flexibility index (Phi) is 9.13. The molecule has 1 saturated heterocycles. The molecule has 0 saturated carbocycles. The first-order valence-corrected chi connectivity index (χ1v) is 14.7. The first-order chi connectivity index (χ1) is 20.2. The van der Waals surface area contributed by atoms with Gasteiger partial charge in [-0.25, -0.2) is 9.18 Å². The lowest BCUT2D eigenvalue weighted by Crippen LogP contribution is -2.42. The number of aryl methyl sites for hydroxylation is 1. The smallest absolute Gasteiger partial charge is 0.354 e. The third kappa shape index (κ3) is 6.94. The maximum Gasteiger partial charge on any atom is 0.354 e. The van der Waals surface area contributed by atoms with Gasteiger partial charge in [0.05, 0.1) is 29.1 Å². The summed E-state index contributed by atoms with van der Waals surface area (Å²) in [4.78, 5) is 26.6. The Hall–Kier alpha value is -3.89. The van der Waals surface area contributed by atoms with Gasteiger partial charge in [0, 0.05) is 42.5 Å². The predicted octanol–water partition coefficient (Wildman–Crippen LogP) is 5.02. The SMILES string of the molecule is CC(C)CCCc1cc(Cl)c(F)c(-c2cc3cn(-c4ccc(N5CCO[C@H](CCN=C(N)N)C5)cc4)c(=O)nc3[nH]2)c1. The number of aromatic nitrogens is 3. The van der Waals surface area contributed by atoms with Crippen molar-refractivity contribution in [2.24, 2.45) is 22.4 Å². The van der Waals surface area contributed by atoms with Crippen LogP contribution in [0.3, 0.4) is 0 Å². The molecule has 1 fully saturated rings. The van der Waals surface area contributed by atoms with Gasteiger partial charge >= 0.3 is 5.69 Å². The summed E-state index contributed by atoms with van der Waals surface area (Å²) in [5.41, 5.74) is 14.4. The van der Waals surface area contributed by atoms with E-state index in [-0.39, 0.29) is 17.1 Å². The van der Waals surface area contributed by atoms with Crippen molar-refractivity contribution in [1.29, 1.82) is 0 Å². The molecule has 0 spiro atoms. The Morgan fingerprint density at radius 1 is 1.21 bits per heavy atom. The van der Waals surface area contributed by atoms with Crippen LogP contribution in [0.1, 0.15) is 38.7 Å². The number of anilines is 1. The molecule has 1 aliphatic rings. The summed E-state index contributed by atoms with van der Waals surface area (Å²) in [7, 11) is 0. The summed E-state index contributed by atoms with van der Waals surface area (Å²) >= 11 is 6.27. The van der Waals surface area contributed by atoms with Gasteiger partial charge in [0.25, 0.3) is 0 Å². The number of rotatable bonds is 10. The molecule has 0 unspecified atom stereocenters. The van der Waals surface area contributed by atoms with Crippen molar-refractivity contribution in [2.75, 3.05) is 31.1 Å². The normalized spacial score (nSPS) is 15.5. The predicted molar refractivity (Wildman–Crippen MR) is 167 cm³/mol. The standard InChI is InChI=1S/C31H37ClFN7O2/c1-19(2)4-3-5-20-14-25(28(33)26(32)15-20)27-16-21-17-40(31(41)38-29(21)37-27)23-8-6-22(7-9-23)39-12-13-42-24(18-39)10-11-36-30(34)35/h6-9,14-17,19,24H,3-5,10-13,18H2,1-2H3,(H4,34,35,36)(H,37,38,41)/t24-/m1/s1. The molecule has 2 aromatic heterocycles. The fourth-order valence-corrected chi connectivity index (χ4v) is 5.56. The summed E-state index contributed by atoms with van der Waals surface area (Å²) in [6, 6.07) is 13.1. The lowest BCUT2D eigenvalue weighted by Gasteiger charge is -2.34. The highest BCUT2D eigenvalue weighted by atomic mass is 35.5. The summed E-state index contributed by atoms with van der Waals surface area (Å²) in [6.45, 7) is 6.98. The Bertz CT molecular complexity index is 1630. The zero-order valence-electron chi connectivity index (χ0n) is 23.9. The number of benzene rings is 2. The number of aromatic amines is 1. The average Bonchev–Trinajstić information content (AvgIpc) is 3.37. The molecule has 0 bridgehead atoms. The van der Waals surface area contributed by atoms with Crippen molar-refractivity contribution in [3.05, 3.63) is 75.5 Å². The van der Waals surface area contributed by atoms with Crippen molar-refractivity contribution >= 4 is 34.3 Å². The summed E-state index contributed by atoms with van der Waals surface area (Å²) in [5.74, 6) is 0.183. The quantitative estimate of drug-likeness (QED) is 0.175. The van der Waals surface area contributed by atoms with Gasteiger partial charge in [0.2, 0.25) is 0 Å². The van der Waals surface area contributed by atoms with E-state index in [4.69, 9.17) is 27.8 Å². The van der Waals surface area contributed by atoms with Gasteiger partial charge in [-0.15, -0.1) is 0 Å². The summed E-state index contributed by atoms with van der Waals surface area (Å²) in [5, 5.41) is 0.768. The number of nitrogens with two attached hydrogens (primary N) is 2. The van der Waals surface area contributed by atoms with Crippen LogP contribution in [0.4, 0.5) is 10.1 Å². The van der Waals surface area contributed by atoms with E-state index < -0.39 is 11.5 Å². The van der Waals surface area contributed by atoms with Crippen molar-refractivity contribution in [1.82, 2.24) is 14.5 Å². The van der Waals surface area contributed by atoms with E-state index in [0.29, 0.717) is 47.0 Å². The third-order valence-corrected chi connectivity index (χ3v) is 7.79. The molecule has 222 valence electrons. The van der Waals surface area contributed by atoms with Gasteiger partial charge in [0.15, 0.2) is 11.8 Å². The average molecular weight is 594 g/mol. The highest BCUT2D eigenvalue weighted by Crippen LogP contribution is 2.31. The second-order valence-electron chi connectivity index (χ2n) is 11.2. The van der Waals surface area contributed by atoms with Gasteiger partial charge in [0.1, 0.15) is 5.65 Å². The molecule has 1 aliphatic heterocycles. The molecular formula is C31H37ClFN7O2. The van der Waals surface area contributed by atoms with E-state index in [9.17, 15) is 4.79 Å². The molecule has 0 amide bonds. The number of halogens is 2. The Labute approximate surface area is 249 Å². The van der Waals surface area contributed by atoms with Gasteiger partial charge in [-0.1, -0.05) is 31.9 Å². The molecule has 2 aromatic carbocycles. The number of ether oxygens (including phenoxy) is 1. The third-order valence-electron chi connectivity index (χ3n) is 7.51. The number of nitrogens with one attached hydrogen (secondary N) is 1. The molecule has 0 radical (unpaired) electrons. The van der Waals surface area contributed by atoms with Crippen molar-refractivity contribution in [3.63, 3.8) is 0 Å². The molecule has 0 aliphatic carbocycles. The maximum atomic E-state index is 15.1. The maximum absolute atomic E-state index is 15.1. The van der Waals surface area contributed by atoms with Crippen LogP contribution >= 0.6 is 11.6 Å². The van der Waals surface area contributed by atoms with Crippen LogP contribution in [0, 0.1) is 11.7 Å². The van der Waals surface area contributed by atoms with E-state index in [0.717, 1.165) is 50.0 Å². The molecule has 1 atom stereocenters. The molecule has 42 heavy (non-hydrogen) atoms. The van der Waals surface area contributed by atoms with Gasteiger partial charge < -0.3 is 26.1 Å². The molecule has 5 rings (SSSR count). The van der Waals surface area contributed by atoms with Crippen LogP contribution in [0.25, 0.3) is 28.0 Å². The first kappa shape index (κ1) is 29.6. The lowest BCUT2D eigenvalue weighted by atomic mass is 10.00. The summed E-state index contributed by atoms with van der Waals surface area (Å²) < 4.78 is 22.5. The Morgan fingerprint density at radius 2 is 1.98 bits per heavy atom. The molecule has 5 N–H and O–H groups in total. The lowest BCUT2D eigenvalue weighted by molar-refractivity contribution is 0.0369. The van der Waals surface area contributed by atoms with Crippen LogP contribution in [-0.2, 0) is 11.2 Å². The Balaban J connectivity index is 1.35. The number of H-pyrrole nitrogens is 1. The number of fused-ring (bicyclic) bond motifs is 1. The van der Waals surface area contributed by atoms with Crippen LogP contribution in [0.2, 0.25) is 5.02 Å². The zero-order chi connectivity index (χ0) is 29.8.